The van der Waals surface area contributed by atoms with Crippen molar-refractivity contribution in [3.05, 3.63) is 24.3 Å². The Kier molecular flexibility index (Phi) is 23.0. The summed E-state index contributed by atoms with van der Waals surface area (Å²) in [6.07, 6.45) is -1.07. The van der Waals surface area contributed by atoms with Gasteiger partial charge in [-0.3, -0.25) is 14.4 Å². The minimum atomic E-state index is -1.50. The number of carbonyl (C=O) groups excluding carboxylic acids is 4. The quantitative estimate of drug-likeness (QED) is 0.123. The van der Waals surface area contributed by atoms with Crippen molar-refractivity contribution in [3.8, 4) is 0 Å². The Hall–Kier alpha value is -2.88. The number of cyclic esters (lactones) is 1. The molecule has 18 nitrogen and oxygen atoms in total. The lowest BCUT2D eigenvalue weighted by atomic mass is 9.82. The molecule has 0 saturated carbocycles. The molecule has 0 aromatic heterocycles. The van der Waals surface area contributed by atoms with Crippen LogP contribution in [0.4, 0.5) is 0 Å². The van der Waals surface area contributed by atoms with Crippen molar-refractivity contribution in [3.63, 3.8) is 0 Å². The van der Waals surface area contributed by atoms with Gasteiger partial charge in [0.25, 0.3) is 0 Å². The van der Waals surface area contributed by atoms with Crippen LogP contribution in [0.5, 0.6) is 0 Å². The molecular weight excluding hydrogens is 885 g/mol. The molecule has 0 spiro atoms. The molecule has 19 unspecified atom stereocenters. The summed E-state index contributed by atoms with van der Waals surface area (Å²) in [4.78, 5) is 55.8. The number of aliphatic hydroxyl groups excluding tert-OH is 1. The van der Waals surface area contributed by atoms with Crippen LogP contribution in [0.15, 0.2) is 24.3 Å². The van der Waals surface area contributed by atoms with E-state index in [1.165, 1.54) is 7.11 Å². The number of esters is 3. The third-order valence-corrected chi connectivity index (χ3v) is 13.6. The predicted octanol–water partition coefficient (Wildman–Crippen LogP) is 4.64. The zero-order chi connectivity index (χ0) is 50.5. The molecule has 18 heteroatoms. The number of aldehydes is 1. The van der Waals surface area contributed by atoms with Crippen LogP contribution in [0.2, 0.25) is 0 Å². The van der Waals surface area contributed by atoms with Crippen LogP contribution < -0.4 is 0 Å². The van der Waals surface area contributed by atoms with Gasteiger partial charge in [0.2, 0.25) is 0 Å². The van der Waals surface area contributed by atoms with Gasteiger partial charge in [0.05, 0.1) is 43.0 Å². The van der Waals surface area contributed by atoms with Crippen LogP contribution in [0.3, 0.4) is 0 Å². The summed E-state index contributed by atoms with van der Waals surface area (Å²) >= 11 is 0. The number of aliphatic hydroxyl groups is 2. The van der Waals surface area contributed by atoms with Crippen molar-refractivity contribution in [2.24, 2.45) is 11.8 Å². The summed E-state index contributed by atoms with van der Waals surface area (Å²) in [5.41, 5.74) is -1.50. The molecule has 390 valence electrons. The topological polar surface area (TPSA) is 208 Å². The highest BCUT2D eigenvalue weighted by molar-refractivity contribution is 5.72. The van der Waals surface area contributed by atoms with Gasteiger partial charge in [-0.2, -0.15) is 0 Å². The van der Waals surface area contributed by atoms with E-state index in [-0.39, 0.29) is 50.2 Å². The minimum Gasteiger partial charge on any atom is -0.462 e. The second-order valence-electron chi connectivity index (χ2n) is 19.8. The number of hydrogen-bond donors (Lipinski definition) is 2. The number of nitrogens with zero attached hydrogens (tertiary/aromatic N) is 2. The molecule has 19 atom stereocenters. The fourth-order valence-corrected chi connectivity index (χ4v) is 10.1. The fourth-order valence-electron chi connectivity index (χ4n) is 10.1. The molecule has 0 bridgehead atoms. The highest BCUT2D eigenvalue weighted by atomic mass is 16.7. The maximum Gasteiger partial charge on any atom is 0.309 e. The largest absolute Gasteiger partial charge is 0.462 e. The molecule has 0 aliphatic carbocycles. The number of allylic oxidation sites excluding steroid dienone is 2. The first-order chi connectivity index (χ1) is 32.1. The van der Waals surface area contributed by atoms with E-state index in [1.807, 2.05) is 59.2 Å². The lowest BCUT2D eigenvalue weighted by Gasteiger charge is -2.50. The average Bonchev–Trinajstić information content (AvgIpc) is 3.25. The summed E-state index contributed by atoms with van der Waals surface area (Å²) in [6, 6.07) is -0.547. The average molecular weight is 969 g/mol. The van der Waals surface area contributed by atoms with Crippen molar-refractivity contribution in [2.75, 3.05) is 35.3 Å². The van der Waals surface area contributed by atoms with E-state index in [4.69, 9.17) is 47.4 Å². The van der Waals surface area contributed by atoms with Crippen molar-refractivity contribution in [1.82, 2.24) is 9.80 Å². The molecular formula is C50H84N2O16. The molecule has 4 aliphatic heterocycles. The highest BCUT2D eigenvalue weighted by Gasteiger charge is 2.53. The Morgan fingerprint density at radius 1 is 0.868 bits per heavy atom. The van der Waals surface area contributed by atoms with Gasteiger partial charge in [-0.05, 0) is 100 Å². The Balaban J connectivity index is 1.72. The zero-order valence-corrected chi connectivity index (χ0v) is 42.9. The van der Waals surface area contributed by atoms with E-state index in [2.05, 4.69) is 4.90 Å². The molecule has 3 saturated heterocycles. The standard InChI is InChI=1S/C50H84N2O16/c1-14-19-39(55)66-48-33(7)62-42(28-50(48,8)58)67-45-32(6)63-49(44(57)43(45)52(11)12)68-46-34(24-25-53)26-29(3)36(65-41-23-22-35(51(9)10)31(5)61-41)21-18-16-17-20-30(4)60-40(56)27-37(47(46)59-13)64-38(54)15-2/h16-18,21,25,29-37,41-49,57-58H,14-15,19-20,22-24,26-28H2,1-13H3. The molecule has 4 aliphatic rings. The number of rotatable bonds is 16. The van der Waals surface area contributed by atoms with Gasteiger partial charge in [0.1, 0.15) is 42.4 Å². The Morgan fingerprint density at radius 3 is 2.18 bits per heavy atom. The number of ether oxygens (including phenoxy) is 10. The summed E-state index contributed by atoms with van der Waals surface area (Å²) < 4.78 is 62.9. The van der Waals surface area contributed by atoms with Crippen molar-refractivity contribution in [2.45, 2.75) is 223 Å². The molecule has 0 amide bonds. The third kappa shape index (κ3) is 16.1. The third-order valence-electron chi connectivity index (χ3n) is 13.6. The molecule has 68 heavy (non-hydrogen) atoms. The monoisotopic (exact) mass is 969 g/mol. The van der Waals surface area contributed by atoms with E-state index >= 15 is 0 Å². The normalized spacial score (nSPS) is 40.2. The van der Waals surface area contributed by atoms with E-state index in [0.717, 1.165) is 12.7 Å². The summed E-state index contributed by atoms with van der Waals surface area (Å²) in [5.74, 6) is -2.59. The summed E-state index contributed by atoms with van der Waals surface area (Å²) in [5, 5.41) is 23.9. The van der Waals surface area contributed by atoms with Gasteiger partial charge in [0, 0.05) is 45.3 Å². The van der Waals surface area contributed by atoms with Gasteiger partial charge < -0.3 is 72.2 Å². The first-order valence-electron chi connectivity index (χ1n) is 24.7. The van der Waals surface area contributed by atoms with Crippen LogP contribution in [0, 0.1) is 11.8 Å². The first kappa shape index (κ1) is 57.7. The van der Waals surface area contributed by atoms with Crippen LogP contribution >= 0.6 is 0 Å². The first-order valence-corrected chi connectivity index (χ1v) is 24.7. The Bertz CT molecular complexity index is 1640. The van der Waals surface area contributed by atoms with Gasteiger partial charge >= 0.3 is 17.9 Å². The molecule has 2 N–H and O–H groups in total. The Morgan fingerprint density at radius 2 is 1.57 bits per heavy atom. The Labute approximate surface area is 404 Å². The molecule has 0 aromatic carbocycles. The van der Waals surface area contributed by atoms with Gasteiger partial charge in [-0.15, -0.1) is 0 Å². The van der Waals surface area contributed by atoms with Crippen molar-refractivity contribution in [1.29, 1.82) is 0 Å². The SMILES string of the molecule is CCCC(=O)OC1C(C)OC(OC2C(C)OC(OC3C(CC=O)CC(C)C(OC4CCC(N(C)C)C(C)O4)C=CC=CCC(C)OC(=O)CC(OC(=O)CC)C3OC)C(O)C2N(C)C)CC1(C)O. The van der Waals surface area contributed by atoms with Gasteiger partial charge in [-0.1, -0.05) is 45.1 Å². The number of likely N-dealkylation sites (N-methyl/N-ethyl adjacent to an activating group) is 2. The zero-order valence-electron chi connectivity index (χ0n) is 42.9. The van der Waals surface area contributed by atoms with Crippen LogP contribution in [0.1, 0.15) is 120 Å². The van der Waals surface area contributed by atoms with Crippen molar-refractivity contribution < 1.29 is 76.8 Å². The molecule has 4 rings (SSSR count). The van der Waals surface area contributed by atoms with Crippen LogP contribution in [-0.2, 0) is 66.5 Å². The second-order valence-corrected chi connectivity index (χ2v) is 19.8. The highest BCUT2D eigenvalue weighted by Crippen LogP contribution is 2.38. The van der Waals surface area contributed by atoms with E-state index < -0.39 is 115 Å². The van der Waals surface area contributed by atoms with Crippen LogP contribution in [0.25, 0.3) is 0 Å². The second kappa shape index (κ2) is 27.1. The molecule has 4 heterocycles. The van der Waals surface area contributed by atoms with Gasteiger partial charge in [0.15, 0.2) is 25.0 Å². The molecule has 0 aromatic rings. The lowest BCUT2D eigenvalue weighted by molar-refractivity contribution is -0.344. The number of hydrogen-bond acceptors (Lipinski definition) is 18. The van der Waals surface area contributed by atoms with Gasteiger partial charge in [-0.25, -0.2) is 0 Å². The summed E-state index contributed by atoms with van der Waals surface area (Å²) in [7, 11) is 9.03. The summed E-state index contributed by atoms with van der Waals surface area (Å²) in [6.45, 7) is 14.4. The van der Waals surface area contributed by atoms with E-state index in [9.17, 15) is 29.4 Å². The fraction of sp³-hybridized carbons (Fsp3) is 0.840. The number of methoxy groups -OCH3 is 1. The van der Waals surface area contributed by atoms with Crippen LogP contribution in [-0.4, -0.2) is 183 Å². The maximum absolute atomic E-state index is 13.6. The number of carbonyl (C=O) groups is 4. The van der Waals surface area contributed by atoms with Crippen molar-refractivity contribution >= 4 is 24.2 Å². The predicted molar refractivity (Wildman–Crippen MR) is 250 cm³/mol. The smallest absolute Gasteiger partial charge is 0.309 e. The maximum atomic E-state index is 13.6. The minimum absolute atomic E-state index is 0.00342. The molecule has 3 fully saturated rings. The van der Waals surface area contributed by atoms with E-state index in [0.29, 0.717) is 25.7 Å². The molecule has 0 radical (unpaired) electrons. The lowest BCUT2D eigenvalue weighted by Crippen LogP contribution is -2.66. The van der Waals surface area contributed by atoms with E-state index in [1.54, 1.807) is 53.6 Å².